The Hall–Kier alpha value is -3.95. The molecule has 3 aliphatic rings. The average Bonchev–Trinajstić information content (AvgIpc) is 3.30. The van der Waals surface area contributed by atoms with Crippen LogP contribution in [0.4, 0.5) is 24.5 Å². The molecule has 1 aliphatic carbocycles. The van der Waals surface area contributed by atoms with Crippen LogP contribution in [0.5, 0.6) is 0 Å². The van der Waals surface area contributed by atoms with E-state index < -0.39 is 60.4 Å². The average molecular weight is 1070 g/mol. The summed E-state index contributed by atoms with van der Waals surface area (Å²) < 4.78 is 110. The molecule has 0 bridgehead atoms. The molecule has 2 heterocycles. The highest BCUT2D eigenvalue weighted by Gasteiger charge is 2.48. The van der Waals surface area contributed by atoms with Crippen molar-refractivity contribution in [1.82, 2.24) is 19.4 Å². The summed E-state index contributed by atoms with van der Waals surface area (Å²) in [6.45, 7) is 10.6. The van der Waals surface area contributed by atoms with Gasteiger partial charge in [0.15, 0.2) is 0 Å². The molecule has 0 aromatic heterocycles. The first kappa shape index (κ1) is 53.8. The van der Waals surface area contributed by atoms with Gasteiger partial charge in [-0.3, -0.25) is 19.2 Å². The molecule has 4 N–H and O–H groups in total. The Bertz CT molecular complexity index is 2770. The van der Waals surface area contributed by atoms with Crippen molar-refractivity contribution in [1.29, 1.82) is 0 Å². The highest BCUT2D eigenvalue weighted by molar-refractivity contribution is 7.99. The van der Waals surface area contributed by atoms with Crippen LogP contribution in [0.15, 0.2) is 117 Å². The minimum Gasteiger partial charge on any atom is -0.380 e. The number of nitrogens with zero attached hydrogens (tertiary/aromatic N) is 4. The highest BCUT2D eigenvalue weighted by atomic mass is 35.5. The molecular weight excluding hydrogens is 1010 g/mol. The third-order valence-corrected chi connectivity index (χ3v) is 18.0. The predicted molar refractivity (Wildman–Crippen MR) is 270 cm³/mol. The molecule has 0 saturated carbocycles. The van der Waals surface area contributed by atoms with Crippen molar-refractivity contribution in [3.05, 3.63) is 119 Å². The van der Waals surface area contributed by atoms with E-state index in [1.807, 2.05) is 52.1 Å². The maximum absolute atomic E-state index is 14.3. The second kappa shape index (κ2) is 22.4. The predicted octanol–water partition coefficient (Wildman–Crippen LogP) is 8.25. The van der Waals surface area contributed by atoms with Crippen molar-refractivity contribution in [2.24, 2.45) is 5.41 Å². The number of hydrogen-bond acceptors (Lipinski definition) is 12. The minimum atomic E-state index is -6.13. The van der Waals surface area contributed by atoms with Crippen LogP contribution in [-0.4, -0.2) is 136 Å². The van der Waals surface area contributed by atoms with E-state index >= 15 is 0 Å². The Balaban J connectivity index is 1.01. The lowest BCUT2D eigenvalue weighted by Gasteiger charge is -2.39. The van der Waals surface area contributed by atoms with Gasteiger partial charge in [-0.1, -0.05) is 61.4 Å². The molecule has 1 atom stereocenters. The summed E-state index contributed by atoms with van der Waals surface area (Å²) in [6, 6.07) is 25.2. The third-order valence-electron chi connectivity index (χ3n) is 12.9. The number of carbonyl (C=O) groups excluding carboxylic acids is 1. The number of nitrogens with one attached hydrogen (secondary N) is 2. The molecule has 1 amide bonds. The van der Waals surface area contributed by atoms with Gasteiger partial charge in [0.25, 0.3) is 25.8 Å². The van der Waals surface area contributed by atoms with Crippen LogP contribution in [0.1, 0.15) is 55.5 Å². The number of thioether (sulfide) groups is 1. The summed E-state index contributed by atoms with van der Waals surface area (Å²) in [5.74, 6) is -0.776. The molecule has 0 unspecified atom stereocenters. The van der Waals surface area contributed by atoms with Crippen molar-refractivity contribution in [2.75, 3.05) is 87.7 Å². The van der Waals surface area contributed by atoms with Crippen LogP contribution in [0.25, 0.3) is 5.57 Å². The monoisotopic (exact) mass is 1070 g/mol. The summed E-state index contributed by atoms with van der Waals surface area (Å²) in [5.41, 5.74) is -1.25. The molecule has 380 valence electrons. The fourth-order valence-corrected chi connectivity index (χ4v) is 13.0. The van der Waals surface area contributed by atoms with Gasteiger partial charge in [-0.25, -0.2) is 21.6 Å². The van der Waals surface area contributed by atoms with E-state index in [1.165, 1.54) is 40.6 Å². The smallest absolute Gasteiger partial charge is 0.380 e. The molecular formula is C48H59ClF3N6O8PS3. The van der Waals surface area contributed by atoms with Crippen LogP contribution >= 0.6 is 31.0 Å². The minimum absolute atomic E-state index is 0.0315. The summed E-state index contributed by atoms with van der Waals surface area (Å²) >= 11 is 7.58. The standard InChI is InChI=1S/C48H59ClF3N6O8PS3/c1-47(2)20-18-43(35-8-12-38(49)13-9-35)37(31-47)32-56-26-28-58(29-27-56)40-14-10-36(11-15-40)46(59)54-70(65,66)42-16-17-44(45(30-42)69(63,64)48(50,51)52)53-39(33-68-41-6-4-3-5-7-41)19-21-55-22-24-57(25-23-55)34-67(60,61)62/h3-17,30,39,53H,18-29,31-34H2,1-2H3,(H,54,59)(H2,60,61,62)/t39-/m1/s1. The van der Waals surface area contributed by atoms with E-state index in [0.29, 0.717) is 50.2 Å². The number of rotatable bonds is 18. The molecule has 7 rings (SSSR count). The highest BCUT2D eigenvalue weighted by Crippen LogP contribution is 2.43. The van der Waals surface area contributed by atoms with Gasteiger partial charge in [0.2, 0.25) is 0 Å². The Morgan fingerprint density at radius 3 is 2.10 bits per heavy atom. The van der Waals surface area contributed by atoms with E-state index in [-0.39, 0.29) is 23.0 Å². The van der Waals surface area contributed by atoms with Crippen molar-refractivity contribution < 1.29 is 49.2 Å². The second-order valence-corrected chi connectivity index (χ2v) is 25.5. The Labute approximate surface area is 417 Å². The number of hydrogen-bond donors (Lipinski definition) is 4. The number of anilines is 2. The number of allylic oxidation sites excluding steroid dienone is 1. The number of piperazine rings is 2. The Kier molecular flexibility index (Phi) is 17.3. The van der Waals surface area contributed by atoms with Crippen LogP contribution in [-0.2, 0) is 24.4 Å². The number of halogens is 4. The van der Waals surface area contributed by atoms with E-state index in [0.717, 1.165) is 74.7 Å². The maximum atomic E-state index is 14.3. The van der Waals surface area contributed by atoms with Crippen LogP contribution in [0.3, 0.4) is 0 Å². The first-order valence-corrected chi connectivity index (χ1v) is 29.1. The van der Waals surface area contributed by atoms with Gasteiger partial charge >= 0.3 is 13.1 Å². The molecule has 70 heavy (non-hydrogen) atoms. The molecule has 4 aromatic rings. The van der Waals surface area contributed by atoms with Gasteiger partial charge in [-0.05, 0) is 109 Å². The summed E-state index contributed by atoms with van der Waals surface area (Å²) in [7, 11) is -15.3. The quantitative estimate of drug-likeness (QED) is 0.0553. The zero-order valence-electron chi connectivity index (χ0n) is 38.9. The summed E-state index contributed by atoms with van der Waals surface area (Å²) in [4.78, 5) is 39.1. The number of carbonyl (C=O) groups is 1. The SMILES string of the molecule is CC1(C)CCC(c2ccc(Cl)cc2)=C(CN2CCN(c3ccc(C(=O)NS(=O)(=O)c4ccc(N[C@H](CCN5CCN(CP(=O)(O)O)CC5)CSc5ccccc5)c(S(=O)(=O)C(F)(F)F)c4)cc3)CC2)C1. The Morgan fingerprint density at radius 1 is 0.843 bits per heavy atom. The maximum Gasteiger partial charge on any atom is 0.501 e. The van der Waals surface area contributed by atoms with Crippen LogP contribution in [0.2, 0.25) is 5.02 Å². The van der Waals surface area contributed by atoms with Gasteiger partial charge in [0, 0.05) is 98.4 Å². The van der Waals surface area contributed by atoms with E-state index in [9.17, 15) is 49.2 Å². The van der Waals surface area contributed by atoms with E-state index in [1.54, 1.807) is 17.0 Å². The van der Waals surface area contributed by atoms with Gasteiger partial charge in [0.05, 0.1) is 10.6 Å². The van der Waals surface area contributed by atoms with E-state index in [4.69, 9.17) is 11.6 Å². The van der Waals surface area contributed by atoms with E-state index in [2.05, 4.69) is 41.1 Å². The van der Waals surface area contributed by atoms with Gasteiger partial charge < -0.3 is 24.9 Å². The van der Waals surface area contributed by atoms with Crippen molar-refractivity contribution in [3.63, 3.8) is 0 Å². The van der Waals surface area contributed by atoms with Gasteiger partial charge in [-0.2, -0.15) is 13.2 Å². The number of benzene rings is 4. The molecule has 0 spiro atoms. The van der Waals surface area contributed by atoms with Crippen molar-refractivity contribution >= 4 is 73.7 Å². The molecule has 0 radical (unpaired) electrons. The second-order valence-electron chi connectivity index (χ2n) is 18.8. The Morgan fingerprint density at radius 2 is 1.47 bits per heavy atom. The molecule has 2 fully saturated rings. The topological polar surface area (TPSA) is 180 Å². The lowest BCUT2D eigenvalue weighted by Crippen LogP contribution is -2.47. The van der Waals surface area contributed by atoms with Gasteiger partial charge in [-0.15, -0.1) is 11.8 Å². The summed E-state index contributed by atoms with van der Waals surface area (Å²) in [5, 5.41) is 3.66. The fourth-order valence-electron chi connectivity index (χ4n) is 9.08. The number of alkyl halides is 3. The molecule has 2 saturated heterocycles. The fraction of sp³-hybridized carbons (Fsp3) is 0.438. The third kappa shape index (κ3) is 14.4. The molecule has 4 aromatic carbocycles. The zero-order valence-corrected chi connectivity index (χ0v) is 43.0. The molecule has 22 heteroatoms. The zero-order chi connectivity index (χ0) is 50.5. The van der Waals surface area contributed by atoms with Crippen molar-refractivity contribution in [3.8, 4) is 0 Å². The normalized spacial score (nSPS) is 18.4. The lowest BCUT2D eigenvalue weighted by atomic mass is 9.73. The van der Waals surface area contributed by atoms with Crippen LogP contribution in [0, 0.1) is 5.41 Å². The number of amides is 1. The largest absolute Gasteiger partial charge is 0.501 e. The van der Waals surface area contributed by atoms with Crippen LogP contribution < -0.4 is 14.9 Å². The number of sulfone groups is 1. The number of sulfonamides is 1. The molecule has 2 aliphatic heterocycles. The van der Waals surface area contributed by atoms with Crippen molar-refractivity contribution in [2.45, 2.75) is 65.8 Å². The lowest BCUT2D eigenvalue weighted by molar-refractivity contribution is -0.0436. The molecule has 14 nitrogen and oxygen atoms in total. The van der Waals surface area contributed by atoms with Gasteiger partial charge in [0.1, 0.15) is 11.2 Å². The first-order valence-electron chi connectivity index (χ1n) is 23.0. The first-order chi connectivity index (χ1) is 32.9. The summed E-state index contributed by atoms with van der Waals surface area (Å²) in [6.07, 6.45) is 3.06.